The third kappa shape index (κ3) is 3.95. The fraction of sp³-hybridized carbons (Fsp3) is 0.316. The van der Waals surface area contributed by atoms with Crippen molar-refractivity contribution >= 4 is 11.6 Å². The third-order valence-corrected chi connectivity index (χ3v) is 3.64. The lowest BCUT2D eigenvalue weighted by atomic mass is 9.87. The highest BCUT2D eigenvalue weighted by Gasteiger charge is 2.14. The number of aliphatic hydroxyl groups excluding tert-OH is 1. The average molecular weight is 297 g/mol. The Hall–Kier alpha value is -2.13. The molecule has 0 saturated heterocycles. The zero-order valence-corrected chi connectivity index (χ0v) is 13.6. The van der Waals surface area contributed by atoms with Crippen LogP contribution >= 0.6 is 0 Å². The second-order valence-corrected chi connectivity index (χ2v) is 6.58. The Balaban J connectivity index is 2.14. The summed E-state index contributed by atoms with van der Waals surface area (Å²) in [6, 6.07) is 14.9. The highest BCUT2D eigenvalue weighted by Crippen LogP contribution is 2.23. The van der Waals surface area contributed by atoms with Crippen LogP contribution in [0.4, 0.5) is 5.69 Å². The predicted octanol–water partition coefficient (Wildman–Crippen LogP) is 4.29. The van der Waals surface area contributed by atoms with Crippen LogP contribution in [0.5, 0.6) is 0 Å². The molecule has 2 N–H and O–H groups in total. The van der Waals surface area contributed by atoms with E-state index in [1.165, 1.54) is 5.56 Å². The van der Waals surface area contributed by atoms with E-state index < -0.39 is 6.10 Å². The summed E-state index contributed by atoms with van der Waals surface area (Å²) in [7, 11) is 0. The van der Waals surface area contributed by atoms with Gasteiger partial charge in [0.15, 0.2) is 0 Å². The van der Waals surface area contributed by atoms with Gasteiger partial charge in [0, 0.05) is 11.3 Å². The number of hydrogen-bond donors (Lipinski definition) is 2. The number of nitrogens with one attached hydrogen (secondary N) is 1. The monoisotopic (exact) mass is 297 g/mol. The maximum atomic E-state index is 12.3. The molecule has 3 nitrogen and oxygen atoms in total. The maximum absolute atomic E-state index is 12.3. The lowest BCUT2D eigenvalue weighted by Crippen LogP contribution is -2.14. The van der Waals surface area contributed by atoms with E-state index in [-0.39, 0.29) is 11.3 Å². The smallest absolute Gasteiger partial charge is 0.255 e. The summed E-state index contributed by atoms with van der Waals surface area (Å²) in [5.41, 5.74) is 3.35. The zero-order chi connectivity index (χ0) is 16.3. The van der Waals surface area contributed by atoms with Gasteiger partial charge >= 0.3 is 0 Å². The lowest BCUT2D eigenvalue weighted by Gasteiger charge is -2.19. The van der Waals surface area contributed by atoms with E-state index in [4.69, 9.17) is 0 Å². The minimum atomic E-state index is -0.553. The van der Waals surface area contributed by atoms with Gasteiger partial charge in [0.25, 0.3) is 5.91 Å². The number of anilines is 1. The van der Waals surface area contributed by atoms with Crippen LogP contribution in [0.1, 0.15) is 55.3 Å². The molecule has 116 valence electrons. The van der Waals surface area contributed by atoms with Gasteiger partial charge in [0.1, 0.15) is 0 Å². The van der Waals surface area contributed by atoms with Gasteiger partial charge in [-0.1, -0.05) is 45.0 Å². The van der Waals surface area contributed by atoms with Crippen LogP contribution in [0.3, 0.4) is 0 Å². The second kappa shape index (κ2) is 6.32. The molecule has 0 saturated carbocycles. The van der Waals surface area contributed by atoms with E-state index in [1.54, 1.807) is 13.0 Å². The first-order valence-electron chi connectivity index (χ1n) is 7.47. The molecule has 0 aromatic heterocycles. The summed E-state index contributed by atoms with van der Waals surface area (Å²) in [5.74, 6) is -0.150. The summed E-state index contributed by atoms with van der Waals surface area (Å²) in [6.07, 6.45) is -0.553. The molecule has 0 aliphatic heterocycles. The molecular weight excluding hydrogens is 274 g/mol. The topological polar surface area (TPSA) is 49.3 Å². The van der Waals surface area contributed by atoms with Crippen LogP contribution in [0.25, 0.3) is 0 Å². The first-order valence-corrected chi connectivity index (χ1v) is 7.47. The number of carbonyl (C=O) groups excluding carboxylic acids is 1. The van der Waals surface area contributed by atoms with Gasteiger partial charge in [-0.15, -0.1) is 0 Å². The van der Waals surface area contributed by atoms with E-state index in [0.29, 0.717) is 11.3 Å². The molecule has 1 atom stereocenters. The summed E-state index contributed by atoms with van der Waals surface area (Å²) >= 11 is 0. The molecule has 2 aromatic carbocycles. The van der Waals surface area contributed by atoms with Crippen molar-refractivity contribution in [3.05, 3.63) is 65.2 Å². The van der Waals surface area contributed by atoms with Crippen LogP contribution in [0.15, 0.2) is 48.5 Å². The van der Waals surface area contributed by atoms with Crippen LogP contribution < -0.4 is 5.32 Å². The largest absolute Gasteiger partial charge is 0.389 e. The van der Waals surface area contributed by atoms with Crippen molar-refractivity contribution in [2.24, 2.45) is 0 Å². The van der Waals surface area contributed by atoms with Crippen molar-refractivity contribution in [2.45, 2.75) is 39.2 Å². The average Bonchev–Trinajstić information content (AvgIpc) is 2.46. The Morgan fingerprint density at radius 1 is 1.09 bits per heavy atom. The first kappa shape index (κ1) is 16.2. The minimum Gasteiger partial charge on any atom is -0.389 e. The van der Waals surface area contributed by atoms with E-state index in [1.807, 2.05) is 42.5 Å². The maximum Gasteiger partial charge on any atom is 0.255 e. The van der Waals surface area contributed by atoms with Gasteiger partial charge in [-0.05, 0) is 47.7 Å². The molecule has 0 fully saturated rings. The number of hydrogen-bond acceptors (Lipinski definition) is 2. The Morgan fingerprint density at radius 2 is 1.73 bits per heavy atom. The summed E-state index contributed by atoms with van der Waals surface area (Å²) in [4.78, 5) is 12.3. The van der Waals surface area contributed by atoms with Crippen molar-refractivity contribution in [3.8, 4) is 0 Å². The molecule has 1 amide bonds. The van der Waals surface area contributed by atoms with Crippen molar-refractivity contribution in [3.63, 3.8) is 0 Å². The van der Waals surface area contributed by atoms with Crippen LogP contribution in [0.2, 0.25) is 0 Å². The molecule has 0 spiro atoms. The van der Waals surface area contributed by atoms with Crippen molar-refractivity contribution in [1.82, 2.24) is 0 Å². The first-order chi connectivity index (χ1) is 10.3. The molecule has 0 heterocycles. The number of amides is 1. The minimum absolute atomic E-state index is 0.0700. The molecule has 2 rings (SSSR count). The summed E-state index contributed by atoms with van der Waals surface area (Å²) in [5, 5.41) is 12.5. The highest BCUT2D eigenvalue weighted by molar-refractivity contribution is 6.04. The Kier molecular flexibility index (Phi) is 4.67. The fourth-order valence-electron chi connectivity index (χ4n) is 2.20. The molecule has 3 heteroatoms. The number of benzene rings is 2. The third-order valence-electron chi connectivity index (χ3n) is 3.64. The molecule has 0 radical (unpaired) electrons. The molecule has 22 heavy (non-hydrogen) atoms. The van der Waals surface area contributed by atoms with Crippen molar-refractivity contribution in [1.29, 1.82) is 0 Å². The highest BCUT2D eigenvalue weighted by atomic mass is 16.3. The van der Waals surface area contributed by atoms with Gasteiger partial charge < -0.3 is 10.4 Å². The van der Waals surface area contributed by atoms with Gasteiger partial charge in [-0.3, -0.25) is 4.79 Å². The molecule has 0 bridgehead atoms. The number of aliphatic hydroxyl groups is 1. The number of carbonyl (C=O) groups is 1. The van der Waals surface area contributed by atoms with Crippen LogP contribution in [-0.4, -0.2) is 11.0 Å². The second-order valence-electron chi connectivity index (χ2n) is 6.58. The summed E-state index contributed by atoms with van der Waals surface area (Å²) in [6.45, 7) is 8.13. The predicted molar refractivity (Wildman–Crippen MR) is 90.2 cm³/mol. The molecule has 2 aromatic rings. The Morgan fingerprint density at radius 3 is 2.27 bits per heavy atom. The van der Waals surface area contributed by atoms with Crippen molar-refractivity contribution in [2.75, 3.05) is 5.32 Å². The van der Waals surface area contributed by atoms with Gasteiger partial charge in [0.2, 0.25) is 0 Å². The van der Waals surface area contributed by atoms with Crippen LogP contribution in [0, 0.1) is 0 Å². The van der Waals surface area contributed by atoms with Gasteiger partial charge in [-0.2, -0.15) is 0 Å². The normalized spacial score (nSPS) is 12.8. The zero-order valence-electron chi connectivity index (χ0n) is 13.6. The number of rotatable bonds is 3. The summed E-state index contributed by atoms with van der Waals surface area (Å²) < 4.78 is 0. The Bertz CT molecular complexity index is 652. The van der Waals surface area contributed by atoms with E-state index >= 15 is 0 Å². The van der Waals surface area contributed by atoms with E-state index in [0.717, 1.165) is 5.56 Å². The molecule has 0 aliphatic rings. The molecule has 0 aliphatic carbocycles. The lowest BCUT2D eigenvalue weighted by molar-refractivity contribution is 0.102. The van der Waals surface area contributed by atoms with Gasteiger partial charge in [-0.25, -0.2) is 0 Å². The van der Waals surface area contributed by atoms with E-state index in [9.17, 15) is 9.90 Å². The standard InChI is InChI=1S/C19H23NO2/c1-13(21)15-6-5-7-17(12-15)20-18(22)14-8-10-16(11-9-14)19(2,3)4/h5-13,21H,1-4H3,(H,20,22)/t13-/m0/s1. The molecular formula is C19H23NO2. The van der Waals surface area contributed by atoms with Gasteiger partial charge in [0.05, 0.1) is 6.10 Å². The van der Waals surface area contributed by atoms with Crippen LogP contribution in [-0.2, 0) is 5.41 Å². The quantitative estimate of drug-likeness (QED) is 0.888. The van der Waals surface area contributed by atoms with Crippen molar-refractivity contribution < 1.29 is 9.90 Å². The van der Waals surface area contributed by atoms with E-state index in [2.05, 4.69) is 26.1 Å². The Labute approximate surface area is 132 Å². The molecule has 0 unspecified atom stereocenters. The fourth-order valence-corrected chi connectivity index (χ4v) is 2.20. The SMILES string of the molecule is C[C@H](O)c1cccc(NC(=O)c2ccc(C(C)(C)C)cc2)c1.